The van der Waals surface area contributed by atoms with Crippen LogP contribution in [-0.2, 0) is 4.79 Å². The van der Waals surface area contributed by atoms with Crippen molar-refractivity contribution in [3.05, 3.63) is 0 Å². The van der Waals surface area contributed by atoms with Crippen molar-refractivity contribution in [3.63, 3.8) is 0 Å². The molecule has 0 aromatic rings. The second kappa shape index (κ2) is 6.12. The van der Waals surface area contributed by atoms with Crippen LogP contribution in [0, 0.1) is 0 Å². The Morgan fingerprint density at radius 3 is 2.37 bits per heavy atom. The SMILES string of the molecule is CCC[C@@H](NC(=O)N(CC(F)(F)F)C1CC1)C(=O)O. The number of carboxylic acids is 1. The molecular formula is C11H17F3N2O3. The molecule has 1 atom stereocenters. The highest BCUT2D eigenvalue weighted by Crippen LogP contribution is 2.30. The fourth-order valence-corrected chi connectivity index (χ4v) is 1.72. The van der Waals surface area contributed by atoms with Gasteiger partial charge in [0.05, 0.1) is 0 Å². The summed E-state index contributed by atoms with van der Waals surface area (Å²) in [4.78, 5) is 23.3. The summed E-state index contributed by atoms with van der Waals surface area (Å²) in [6, 6.07) is -2.54. The number of rotatable bonds is 6. The van der Waals surface area contributed by atoms with Gasteiger partial charge in [-0.1, -0.05) is 13.3 Å². The van der Waals surface area contributed by atoms with E-state index in [4.69, 9.17) is 5.11 Å². The van der Waals surface area contributed by atoms with Crippen molar-refractivity contribution in [1.82, 2.24) is 10.2 Å². The van der Waals surface area contributed by atoms with Crippen molar-refractivity contribution in [3.8, 4) is 0 Å². The topological polar surface area (TPSA) is 69.6 Å². The molecule has 1 fully saturated rings. The first-order valence-corrected chi connectivity index (χ1v) is 6.11. The standard InChI is InChI=1S/C11H17F3N2O3/c1-2-3-8(9(17)18)15-10(19)16(7-4-5-7)6-11(12,13)14/h7-8H,2-6H2,1H3,(H,15,19)(H,17,18)/t8-/m1/s1. The lowest BCUT2D eigenvalue weighted by Crippen LogP contribution is -2.51. The van der Waals surface area contributed by atoms with Gasteiger partial charge in [0.25, 0.3) is 0 Å². The predicted molar refractivity (Wildman–Crippen MR) is 60.6 cm³/mol. The minimum Gasteiger partial charge on any atom is -0.480 e. The summed E-state index contributed by atoms with van der Waals surface area (Å²) in [5.74, 6) is -1.24. The van der Waals surface area contributed by atoms with Gasteiger partial charge in [0, 0.05) is 6.04 Å². The third-order valence-electron chi connectivity index (χ3n) is 2.77. The van der Waals surface area contributed by atoms with Gasteiger partial charge in [-0.3, -0.25) is 0 Å². The van der Waals surface area contributed by atoms with E-state index in [1.165, 1.54) is 0 Å². The van der Waals surface area contributed by atoms with Crippen LogP contribution in [0.15, 0.2) is 0 Å². The molecule has 0 saturated heterocycles. The lowest BCUT2D eigenvalue weighted by molar-refractivity contribution is -0.141. The van der Waals surface area contributed by atoms with E-state index in [1.54, 1.807) is 6.92 Å². The number of amides is 2. The summed E-state index contributed by atoms with van der Waals surface area (Å²) < 4.78 is 37.1. The Bertz CT molecular complexity index is 343. The first kappa shape index (κ1) is 15.6. The molecule has 2 N–H and O–H groups in total. The number of carbonyl (C=O) groups excluding carboxylic acids is 1. The van der Waals surface area contributed by atoms with Crippen LogP contribution in [-0.4, -0.2) is 46.8 Å². The summed E-state index contributed by atoms with van der Waals surface area (Å²) in [6.45, 7) is 0.387. The zero-order valence-electron chi connectivity index (χ0n) is 10.5. The molecule has 0 aromatic heterocycles. The fraction of sp³-hybridized carbons (Fsp3) is 0.818. The largest absolute Gasteiger partial charge is 0.480 e. The molecule has 110 valence electrons. The molecule has 1 aliphatic rings. The van der Waals surface area contributed by atoms with Crippen molar-refractivity contribution in [2.24, 2.45) is 0 Å². The van der Waals surface area contributed by atoms with Crippen LogP contribution in [0.4, 0.5) is 18.0 Å². The number of nitrogens with one attached hydrogen (secondary N) is 1. The van der Waals surface area contributed by atoms with Crippen molar-refractivity contribution in [2.75, 3.05) is 6.54 Å². The monoisotopic (exact) mass is 282 g/mol. The van der Waals surface area contributed by atoms with E-state index < -0.39 is 36.8 Å². The van der Waals surface area contributed by atoms with Gasteiger partial charge in [-0.2, -0.15) is 13.2 Å². The zero-order valence-corrected chi connectivity index (χ0v) is 10.5. The van der Waals surface area contributed by atoms with Crippen molar-refractivity contribution in [1.29, 1.82) is 0 Å². The van der Waals surface area contributed by atoms with E-state index in [1.807, 2.05) is 0 Å². The fourth-order valence-electron chi connectivity index (χ4n) is 1.72. The maximum Gasteiger partial charge on any atom is 0.406 e. The van der Waals surface area contributed by atoms with E-state index >= 15 is 0 Å². The molecule has 1 aliphatic carbocycles. The van der Waals surface area contributed by atoms with Crippen LogP contribution in [0.5, 0.6) is 0 Å². The number of alkyl halides is 3. The third-order valence-corrected chi connectivity index (χ3v) is 2.77. The Hall–Kier alpha value is -1.47. The molecule has 0 unspecified atom stereocenters. The van der Waals surface area contributed by atoms with Gasteiger partial charge < -0.3 is 15.3 Å². The summed E-state index contributed by atoms with van der Waals surface area (Å²) in [5.41, 5.74) is 0. The summed E-state index contributed by atoms with van der Waals surface area (Å²) in [7, 11) is 0. The van der Waals surface area contributed by atoms with Gasteiger partial charge in [0.1, 0.15) is 12.6 Å². The average molecular weight is 282 g/mol. The van der Waals surface area contributed by atoms with Crippen molar-refractivity contribution >= 4 is 12.0 Å². The molecular weight excluding hydrogens is 265 g/mol. The van der Waals surface area contributed by atoms with E-state index in [0.717, 1.165) is 0 Å². The maximum atomic E-state index is 12.4. The molecule has 8 heteroatoms. The predicted octanol–water partition coefficient (Wildman–Crippen LogP) is 1.98. The minimum atomic E-state index is -4.48. The normalized spacial score (nSPS) is 16.8. The minimum absolute atomic E-state index is 0.186. The molecule has 0 spiro atoms. The van der Waals surface area contributed by atoms with Crippen LogP contribution in [0.3, 0.4) is 0 Å². The van der Waals surface area contributed by atoms with Gasteiger partial charge in [0.15, 0.2) is 0 Å². The molecule has 0 heterocycles. The van der Waals surface area contributed by atoms with Gasteiger partial charge >= 0.3 is 18.2 Å². The molecule has 0 bridgehead atoms. The van der Waals surface area contributed by atoms with Crippen LogP contribution in [0.2, 0.25) is 0 Å². The zero-order chi connectivity index (χ0) is 14.6. The van der Waals surface area contributed by atoms with E-state index in [0.29, 0.717) is 24.2 Å². The number of hydrogen-bond donors (Lipinski definition) is 2. The number of nitrogens with zero attached hydrogens (tertiary/aromatic N) is 1. The second-order valence-electron chi connectivity index (χ2n) is 4.60. The van der Waals surface area contributed by atoms with Gasteiger partial charge in [-0.25, -0.2) is 9.59 Å². The van der Waals surface area contributed by atoms with Crippen LogP contribution < -0.4 is 5.32 Å². The molecule has 5 nitrogen and oxygen atoms in total. The molecule has 0 aromatic carbocycles. The van der Waals surface area contributed by atoms with E-state index in [2.05, 4.69) is 5.32 Å². The average Bonchev–Trinajstić information content (AvgIpc) is 3.07. The molecule has 0 aliphatic heterocycles. The Labute approximate surface area is 108 Å². The molecule has 19 heavy (non-hydrogen) atoms. The summed E-state index contributed by atoms with van der Waals surface area (Å²) in [6.07, 6.45) is -2.74. The summed E-state index contributed by atoms with van der Waals surface area (Å²) >= 11 is 0. The third kappa shape index (κ3) is 5.35. The lowest BCUT2D eigenvalue weighted by atomic mass is 10.2. The Morgan fingerprint density at radius 1 is 1.42 bits per heavy atom. The van der Waals surface area contributed by atoms with E-state index in [9.17, 15) is 22.8 Å². The van der Waals surface area contributed by atoms with Crippen LogP contribution in [0.25, 0.3) is 0 Å². The second-order valence-corrected chi connectivity index (χ2v) is 4.60. The highest BCUT2D eigenvalue weighted by molar-refractivity contribution is 5.82. The first-order valence-electron chi connectivity index (χ1n) is 6.11. The first-order chi connectivity index (χ1) is 8.74. The van der Waals surface area contributed by atoms with E-state index in [-0.39, 0.29) is 6.42 Å². The lowest BCUT2D eigenvalue weighted by Gasteiger charge is -2.25. The number of aliphatic carboxylic acids is 1. The Morgan fingerprint density at radius 2 is 2.00 bits per heavy atom. The number of urea groups is 1. The van der Waals surface area contributed by atoms with Gasteiger partial charge in [0.2, 0.25) is 0 Å². The van der Waals surface area contributed by atoms with Crippen molar-refractivity contribution < 1.29 is 27.9 Å². The van der Waals surface area contributed by atoms with Crippen molar-refractivity contribution in [2.45, 2.75) is 50.9 Å². The van der Waals surface area contributed by atoms with Gasteiger partial charge in [-0.15, -0.1) is 0 Å². The highest BCUT2D eigenvalue weighted by atomic mass is 19.4. The number of carbonyl (C=O) groups is 2. The highest BCUT2D eigenvalue weighted by Gasteiger charge is 2.41. The number of halogens is 3. The Kier molecular flexibility index (Phi) is 5.02. The number of carboxylic acid groups (broad SMARTS) is 1. The summed E-state index contributed by atoms with van der Waals surface area (Å²) in [5, 5.41) is 11.0. The van der Waals surface area contributed by atoms with Crippen LogP contribution >= 0.6 is 0 Å². The smallest absolute Gasteiger partial charge is 0.406 e. The quantitative estimate of drug-likeness (QED) is 0.782. The number of hydrogen-bond acceptors (Lipinski definition) is 2. The molecule has 2 amide bonds. The van der Waals surface area contributed by atoms with Crippen LogP contribution in [0.1, 0.15) is 32.6 Å². The maximum absolute atomic E-state index is 12.4. The molecule has 1 saturated carbocycles. The van der Waals surface area contributed by atoms with Gasteiger partial charge in [-0.05, 0) is 19.3 Å². The molecule has 0 radical (unpaired) electrons. The Balaban J connectivity index is 2.63. The molecule has 1 rings (SSSR count).